The first kappa shape index (κ1) is 25.2. The first-order valence-corrected chi connectivity index (χ1v) is 13.7. The Morgan fingerprint density at radius 1 is 0.972 bits per heavy atom. The fourth-order valence-corrected chi connectivity index (χ4v) is 6.10. The lowest BCUT2D eigenvalue weighted by molar-refractivity contribution is 0.0383. The van der Waals surface area contributed by atoms with Gasteiger partial charge in [0.15, 0.2) is 0 Å². The normalized spacial score (nSPS) is 24.4. The van der Waals surface area contributed by atoms with Crippen LogP contribution in [0, 0.1) is 5.41 Å². The molecule has 36 heavy (non-hydrogen) atoms. The largest absolute Gasteiger partial charge is 0.379 e. The van der Waals surface area contributed by atoms with E-state index in [1.807, 2.05) is 12.1 Å². The SMILES string of the molecule is CC1(C)CC1(CNC1CCN(c2ccc(C(=O)NCCN3CCOCC3)cc2)CC1)c1ccccc1. The zero-order valence-corrected chi connectivity index (χ0v) is 22.0. The van der Waals surface area contributed by atoms with E-state index in [0.29, 0.717) is 18.0 Å². The summed E-state index contributed by atoms with van der Waals surface area (Å²) >= 11 is 0. The Morgan fingerprint density at radius 2 is 1.64 bits per heavy atom. The third-order valence-electron chi connectivity index (χ3n) is 8.74. The predicted molar refractivity (Wildman–Crippen MR) is 146 cm³/mol. The van der Waals surface area contributed by atoms with E-state index in [9.17, 15) is 4.79 Å². The van der Waals surface area contributed by atoms with Crippen LogP contribution in [0.4, 0.5) is 5.69 Å². The van der Waals surface area contributed by atoms with Gasteiger partial charge in [0, 0.05) is 68.5 Å². The van der Waals surface area contributed by atoms with E-state index in [2.05, 4.69) is 76.7 Å². The number of morpholine rings is 1. The smallest absolute Gasteiger partial charge is 0.251 e. The standard InChI is InChI=1S/C30H42N4O2/c1-29(2)22-30(29,25-6-4-3-5-7-25)23-32-26-12-15-34(16-13-26)27-10-8-24(9-11-27)28(35)31-14-17-33-18-20-36-21-19-33/h3-11,26,32H,12-23H2,1-2H3,(H,31,35). The second-order valence-electron chi connectivity index (χ2n) is 11.4. The van der Waals surface area contributed by atoms with Crippen LogP contribution in [0.25, 0.3) is 0 Å². The maximum atomic E-state index is 12.5. The number of rotatable bonds is 9. The Labute approximate surface area is 216 Å². The minimum atomic E-state index is 0.00747. The summed E-state index contributed by atoms with van der Waals surface area (Å²) in [4.78, 5) is 17.3. The Kier molecular flexibility index (Phi) is 7.65. The number of piperidine rings is 1. The average Bonchev–Trinajstić information content (AvgIpc) is 3.50. The molecular formula is C30H42N4O2. The average molecular weight is 491 g/mol. The van der Waals surface area contributed by atoms with Crippen molar-refractivity contribution in [1.82, 2.24) is 15.5 Å². The highest BCUT2D eigenvalue weighted by Crippen LogP contribution is 2.63. The Balaban J connectivity index is 1.06. The van der Waals surface area contributed by atoms with E-state index < -0.39 is 0 Å². The molecular weight excluding hydrogens is 448 g/mol. The Bertz CT molecular complexity index is 995. The highest BCUT2D eigenvalue weighted by atomic mass is 16.5. The van der Waals surface area contributed by atoms with Crippen molar-refractivity contribution in [1.29, 1.82) is 0 Å². The number of hydrogen-bond acceptors (Lipinski definition) is 5. The molecule has 2 aromatic carbocycles. The Morgan fingerprint density at radius 3 is 2.28 bits per heavy atom. The zero-order valence-electron chi connectivity index (χ0n) is 22.0. The lowest BCUT2D eigenvalue weighted by Crippen LogP contribution is -2.45. The summed E-state index contributed by atoms with van der Waals surface area (Å²) in [7, 11) is 0. The van der Waals surface area contributed by atoms with Gasteiger partial charge >= 0.3 is 0 Å². The molecule has 3 fully saturated rings. The van der Waals surface area contributed by atoms with Crippen LogP contribution in [0.3, 0.4) is 0 Å². The first-order valence-electron chi connectivity index (χ1n) is 13.7. The van der Waals surface area contributed by atoms with Crippen molar-refractivity contribution < 1.29 is 9.53 Å². The number of nitrogens with one attached hydrogen (secondary N) is 2. The van der Waals surface area contributed by atoms with Gasteiger partial charge in [-0.1, -0.05) is 44.2 Å². The number of amides is 1. The number of anilines is 1. The summed E-state index contributed by atoms with van der Waals surface area (Å²) in [6, 6.07) is 19.7. The number of ether oxygens (including phenoxy) is 1. The third-order valence-corrected chi connectivity index (χ3v) is 8.74. The minimum Gasteiger partial charge on any atom is -0.379 e. The molecule has 6 heteroatoms. The second kappa shape index (κ2) is 10.9. The molecule has 2 aromatic rings. The van der Waals surface area contributed by atoms with Crippen molar-refractivity contribution in [2.75, 3.05) is 63.9 Å². The predicted octanol–water partition coefficient (Wildman–Crippen LogP) is 3.67. The van der Waals surface area contributed by atoms with Crippen LogP contribution in [0.15, 0.2) is 54.6 Å². The van der Waals surface area contributed by atoms with Gasteiger partial charge < -0.3 is 20.3 Å². The van der Waals surface area contributed by atoms with Crippen molar-refractivity contribution in [3.8, 4) is 0 Å². The monoisotopic (exact) mass is 490 g/mol. The molecule has 1 amide bonds. The quantitative estimate of drug-likeness (QED) is 0.562. The zero-order chi connectivity index (χ0) is 25.0. The fourth-order valence-electron chi connectivity index (χ4n) is 6.10. The topological polar surface area (TPSA) is 56.8 Å². The maximum absolute atomic E-state index is 12.5. The van der Waals surface area contributed by atoms with Crippen molar-refractivity contribution in [3.05, 3.63) is 65.7 Å². The number of carbonyl (C=O) groups excluding carboxylic acids is 1. The van der Waals surface area contributed by atoms with Crippen LogP contribution in [0.2, 0.25) is 0 Å². The lowest BCUT2D eigenvalue weighted by atomic mass is 9.87. The summed E-state index contributed by atoms with van der Waals surface area (Å²) in [5, 5.41) is 6.98. The molecule has 0 aromatic heterocycles. The van der Waals surface area contributed by atoms with Crippen molar-refractivity contribution in [3.63, 3.8) is 0 Å². The molecule has 1 unspecified atom stereocenters. The van der Waals surface area contributed by atoms with Gasteiger partial charge in [0.25, 0.3) is 5.91 Å². The van der Waals surface area contributed by atoms with E-state index >= 15 is 0 Å². The van der Waals surface area contributed by atoms with Crippen LogP contribution in [-0.2, 0) is 10.2 Å². The highest BCUT2D eigenvalue weighted by Gasteiger charge is 2.61. The van der Waals surface area contributed by atoms with Crippen LogP contribution >= 0.6 is 0 Å². The number of hydrogen-bond donors (Lipinski definition) is 2. The first-order chi connectivity index (χ1) is 17.5. The van der Waals surface area contributed by atoms with Gasteiger partial charge in [-0.2, -0.15) is 0 Å². The Hall–Kier alpha value is -2.41. The van der Waals surface area contributed by atoms with Gasteiger partial charge in [-0.15, -0.1) is 0 Å². The van der Waals surface area contributed by atoms with Crippen molar-refractivity contribution >= 4 is 11.6 Å². The molecule has 0 bridgehead atoms. The highest BCUT2D eigenvalue weighted by molar-refractivity contribution is 5.94. The van der Waals surface area contributed by atoms with Gasteiger partial charge in [0.2, 0.25) is 0 Å². The number of benzene rings is 2. The molecule has 0 spiro atoms. The van der Waals surface area contributed by atoms with Crippen molar-refractivity contribution in [2.45, 2.75) is 44.6 Å². The molecule has 1 aliphatic carbocycles. The van der Waals surface area contributed by atoms with Crippen LogP contribution < -0.4 is 15.5 Å². The van der Waals surface area contributed by atoms with Crippen LogP contribution in [-0.4, -0.2) is 75.9 Å². The van der Waals surface area contributed by atoms with E-state index in [-0.39, 0.29) is 11.3 Å². The summed E-state index contributed by atoms with van der Waals surface area (Å²) in [6.07, 6.45) is 3.55. The molecule has 2 aliphatic heterocycles. The molecule has 2 saturated heterocycles. The molecule has 194 valence electrons. The van der Waals surface area contributed by atoms with E-state index in [4.69, 9.17) is 4.74 Å². The molecule has 1 saturated carbocycles. The van der Waals surface area contributed by atoms with Gasteiger partial charge in [-0.05, 0) is 54.5 Å². The van der Waals surface area contributed by atoms with Gasteiger partial charge in [0.1, 0.15) is 0 Å². The molecule has 3 aliphatic rings. The van der Waals surface area contributed by atoms with Crippen LogP contribution in [0.1, 0.15) is 49.0 Å². The maximum Gasteiger partial charge on any atom is 0.251 e. The summed E-state index contributed by atoms with van der Waals surface area (Å²) in [5.74, 6) is 0.00747. The third kappa shape index (κ3) is 5.61. The van der Waals surface area contributed by atoms with E-state index in [0.717, 1.165) is 70.9 Å². The summed E-state index contributed by atoms with van der Waals surface area (Å²) in [6.45, 7) is 13.0. The molecule has 0 radical (unpaired) electrons. The minimum absolute atomic E-state index is 0.00747. The summed E-state index contributed by atoms with van der Waals surface area (Å²) < 4.78 is 5.38. The number of nitrogens with zero attached hydrogens (tertiary/aromatic N) is 2. The van der Waals surface area contributed by atoms with E-state index in [1.165, 1.54) is 17.7 Å². The second-order valence-corrected chi connectivity index (χ2v) is 11.4. The van der Waals surface area contributed by atoms with Crippen LogP contribution in [0.5, 0.6) is 0 Å². The molecule has 5 rings (SSSR count). The fraction of sp³-hybridized carbons (Fsp3) is 0.567. The van der Waals surface area contributed by atoms with Gasteiger partial charge in [-0.25, -0.2) is 0 Å². The molecule has 1 atom stereocenters. The summed E-state index contributed by atoms with van der Waals surface area (Å²) in [5.41, 5.74) is 4.05. The van der Waals surface area contributed by atoms with Gasteiger partial charge in [0.05, 0.1) is 13.2 Å². The molecule has 6 nitrogen and oxygen atoms in total. The lowest BCUT2D eigenvalue weighted by Gasteiger charge is -2.35. The molecule has 2 heterocycles. The van der Waals surface area contributed by atoms with Gasteiger partial charge in [-0.3, -0.25) is 9.69 Å². The number of carbonyl (C=O) groups is 1. The van der Waals surface area contributed by atoms with E-state index in [1.54, 1.807) is 0 Å². The van der Waals surface area contributed by atoms with Crippen molar-refractivity contribution in [2.24, 2.45) is 5.41 Å². The molecule has 2 N–H and O–H groups in total.